The summed E-state index contributed by atoms with van der Waals surface area (Å²) in [6.07, 6.45) is 11.7. The van der Waals surface area contributed by atoms with Gasteiger partial charge in [0.2, 0.25) is 0 Å². The maximum atomic E-state index is 5.99. The molecule has 2 aliphatic rings. The Labute approximate surface area is 147 Å². The van der Waals surface area contributed by atoms with Gasteiger partial charge in [-0.05, 0) is 38.5 Å². The smallest absolute Gasteiger partial charge is 0.316 e. The maximum absolute atomic E-state index is 5.99. The van der Waals surface area contributed by atoms with Gasteiger partial charge in [0.1, 0.15) is 18.2 Å². The van der Waals surface area contributed by atoms with Crippen molar-refractivity contribution in [2.24, 2.45) is 0 Å². The van der Waals surface area contributed by atoms with Crippen molar-refractivity contribution in [1.29, 1.82) is 0 Å². The lowest BCUT2D eigenvalue weighted by molar-refractivity contribution is 0.163. The summed E-state index contributed by atoms with van der Waals surface area (Å²) in [5.41, 5.74) is 2.55. The Bertz CT molecular complexity index is 722. The molecule has 0 aromatic carbocycles. The number of hydrogen-bond donors (Lipinski definition) is 0. The minimum Gasteiger partial charge on any atom is -0.494 e. The number of hydrogen-bond acceptors (Lipinski definition) is 7. The van der Waals surface area contributed by atoms with Crippen molar-refractivity contribution in [3.8, 4) is 11.8 Å². The van der Waals surface area contributed by atoms with E-state index in [2.05, 4.69) is 24.8 Å². The van der Waals surface area contributed by atoms with E-state index in [1.54, 1.807) is 25.8 Å². The molecule has 7 nitrogen and oxygen atoms in total. The van der Waals surface area contributed by atoms with Crippen molar-refractivity contribution in [1.82, 2.24) is 19.9 Å². The Balaban J connectivity index is 1.47. The first-order valence-corrected chi connectivity index (χ1v) is 8.94. The molecule has 4 rings (SSSR count). The summed E-state index contributed by atoms with van der Waals surface area (Å²) >= 11 is 0. The van der Waals surface area contributed by atoms with Gasteiger partial charge in [-0.2, -0.15) is 9.97 Å². The van der Waals surface area contributed by atoms with Crippen LogP contribution in [0.15, 0.2) is 18.7 Å². The third-order valence-corrected chi connectivity index (χ3v) is 4.89. The Hall–Kier alpha value is -2.44. The lowest BCUT2D eigenvalue weighted by Gasteiger charge is -2.35. The molecule has 1 aliphatic carbocycles. The average molecular weight is 341 g/mol. The summed E-state index contributed by atoms with van der Waals surface area (Å²) in [5, 5.41) is 0. The van der Waals surface area contributed by atoms with E-state index in [9.17, 15) is 0 Å². The molecular formula is C18H23N5O2. The van der Waals surface area contributed by atoms with E-state index in [4.69, 9.17) is 9.47 Å². The third kappa shape index (κ3) is 3.50. The molecule has 0 radical (unpaired) electrons. The largest absolute Gasteiger partial charge is 0.494 e. The molecule has 1 fully saturated rings. The monoisotopic (exact) mass is 341 g/mol. The molecule has 3 heterocycles. The first-order valence-electron chi connectivity index (χ1n) is 8.94. The molecule has 0 saturated carbocycles. The first-order chi connectivity index (χ1) is 12.3. The minimum absolute atomic E-state index is 0.0661. The fraction of sp³-hybridized carbons (Fsp3) is 0.556. The van der Waals surface area contributed by atoms with Crippen molar-refractivity contribution >= 4 is 5.82 Å². The zero-order valence-corrected chi connectivity index (χ0v) is 14.5. The van der Waals surface area contributed by atoms with Crippen LogP contribution in [-0.4, -0.2) is 46.2 Å². The van der Waals surface area contributed by atoms with Crippen LogP contribution in [0, 0.1) is 0 Å². The molecule has 2 aromatic heterocycles. The summed E-state index contributed by atoms with van der Waals surface area (Å²) in [7, 11) is 1.60. The van der Waals surface area contributed by atoms with E-state index in [0.29, 0.717) is 11.8 Å². The molecule has 1 aliphatic heterocycles. The van der Waals surface area contributed by atoms with Gasteiger partial charge in [-0.1, -0.05) is 0 Å². The molecule has 7 heteroatoms. The lowest BCUT2D eigenvalue weighted by Crippen LogP contribution is -2.42. The Kier molecular flexibility index (Phi) is 4.63. The van der Waals surface area contributed by atoms with E-state index >= 15 is 0 Å². The van der Waals surface area contributed by atoms with Crippen LogP contribution in [0.25, 0.3) is 0 Å². The SMILES string of the molecule is COc1cnc(OC2CCCN(c3ncnc4c3CCCC4)C2)nc1. The molecule has 0 bridgehead atoms. The number of rotatable bonds is 4. The quantitative estimate of drug-likeness (QED) is 0.844. The predicted octanol–water partition coefficient (Wildman–Crippen LogP) is 2.20. The van der Waals surface area contributed by atoms with Gasteiger partial charge in [0, 0.05) is 17.8 Å². The standard InChI is InChI=1S/C18H23N5O2/c1-24-14-9-19-18(20-10-14)25-13-5-4-8-23(11-13)17-15-6-2-3-7-16(15)21-12-22-17/h9-10,12-13H,2-8,11H2,1H3. The van der Waals surface area contributed by atoms with Crippen LogP contribution in [0.3, 0.4) is 0 Å². The van der Waals surface area contributed by atoms with Crippen LogP contribution in [0.2, 0.25) is 0 Å². The average Bonchev–Trinajstić information content (AvgIpc) is 2.68. The van der Waals surface area contributed by atoms with Crippen molar-refractivity contribution in [2.45, 2.75) is 44.6 Å². The summed E-state index contributed by atoms with van der Waals surface area (Å²) in [6, 6.07) is 0.400. The third-order valence-electron chi connectivity index (χ3n) is 4.89. The van der Waals surface area contributed by atoms with Gasteiger partial charge in [-0.25, -0.2) is 9.97 Å². The minimum atomic E-state index is 0.0661. The van der Waals surface area contributed by atoms with Crippen molar-refractivity contribution in [3.05, 3.63) is 30.0 Å². The molecule has 25 heavy (non-hydrogen) atoms. The lowest BCUT2D eigenvalue weighted by atomic mass is 9.95. The summed E-state index contributed by atoms with van der Waals surface area (Å²) in [4.78, 5) is 19.8. The molecule has 2 aromatic rings. The van der Waals surface area contributed by atoms with E-state index in [0.717, 1.165) is 44.6 Å². The Morgan fingerprint density at radius 3 is 2.72 bits per heavy atom. The number of fused-ring (bicyclic) bond motifs is 1. The van der Waals surface area contributed by atoms with Crippen molar-refractivity contribution < 1.29 is 9.47 Å². The fourth-order valence-corrected chi connectivity index (χ4v) is 3.62. The highest BCUT2D eigenvalue weighted by Crippen LogP contribution is 2.29. The summed E-state index contributed by atoms with van der Waals surface area (Å²) in [6.45, 7) is 1.81. The number of methoxy groups -OCH3 is 1. The van der Waals surface area contributed by atoms with Crippen LogP contribution < -0.4 is 14.4 Å². The van der Waals surface area contributed by atoms with E-state index < -0.39 is 0 Å². The van der Waals surface area contributed by atoms with Crippen LogP contribution in [0.5, 0.6) is 11.8 Å². The summed E-state index contributed by atoms with van der Waals surface area (Å²) in [5.74, 6) is 1.72. The van der Waals surface area contributed by atoms with Crippen LogP contribution in [0.1, 0.15) is 36.9 Å². The highest BCUT2D eigenvalue weighted by molar-refractivity contribution is 5.50. The second kappa shape index (κ2) is 7.21. The number of anilines is 1. The Morgan fingerprint density at radius 1 is 1.04 bits per heavy atom. The van der Waals surface area contributed by atoms with E-state index in [1.165, 1.54) is 24.1 Å². The van der Waals surface area contributed by atoms with Gasteiger partial charge in [0.15, 0.2) is 5.75 Å². The van der Waals surface area contributed by atoms with Crippen LogP contribution in [0.4, 0.5) is 5.82 Å². The number of piperidine rings is 1. The van der Waals surface area contributed by atoms with Gasteiger partial charge in [0.05, 0.1) is 26.0 Å². The van der Waals surface area contributed by atoms with E-state index in [-0.39, 0.29) is 6.10 Å². The normalized spacial score (nSPS) is 20.0. The second-order valence-electron chi connectivity index (χ2n) is 6.56. The van der Waals surface area contributed by atoms with Crippen molar-refractivity contribution in [2.75, 3.05) is 25.1 Å². The Morgan fingerprint density at radius 2 is 1.88 bits per heavy atom. The predicted molar refractivity (Wildman–Crippen MR) is 93.1 cm³/mol. The maximum Gasteiger partial charge on any atom is 0.316 e. The molecule has 0 amide bonds. The number of aromatic nitrogens is 4. The van der Waals surface area contributed by atoms with E-state index in [1.807, 2.05) is 0 Å². The van der Waals surface area contributed by atoms with Gasteiger partial charge in [0.25, 0.3) is 0 Å². The number of aryl methyl sites for hydroxylation is 1. The van der Waals surface area contributed by atoms with Gasteiger partial charge >= 0.3 is 6.01 Å². The van der Waals surface area contributed by atoms with Gasteiger partial charge in [-0.15, -0.1) is 0 Å². The molecule has 1 atom stereocenters. The van der Waals surface area contributed by atoms with Crippen molar-refractivity contribution in [3.63, 3.8) is 0 Å². The number of ether oxygens (including phenoxy) is 2. The second-order valence-corrected chi connectivity index (χ2v) is 6.56. The zero-order valence-electron chi connectivity index (χ0n) is 14.5. The molecule has 1 saturated heterocycles. The summed E-state index contributed by atoms with van der Waals surface area (Å²) < 4.78 is 11.1. The van der Waals surface area contributed by atoms with Gasteiger partial charge in [-0.3, -0.25) is 0 Å². The van der Waals surface area contributed by atoms with Crippen LogP contribution >= 0.6 is 0 Å². The molecule has 0 N–H and O–H groups in total. The molecule has 1 unspecified atom stereocenters. The molecule has 0 spiro atoms. The molecule has 132 valence electrons. The molecular weight excluding hydrogens is 318 g/mol. The highest BCUT2D eigenvalue weighted by Gasteiger charge is 2.26. The number of nitrogens with zero attached hydrogens (tertiary/aromatic N) is 5. The zero-order chi connectivity index (χ0) is 17.1. The van der Waals surface area contributed by atoms with Crippen LogP contribution in [-0.2, 0) is 12.8 Å². The van der Waals surface area contributed by atoms with Gasteiger partial charge < -0.3 is 14.4 Å². The fourth-order valence-electron chi connectivity index (χ4n) is 3.62. The topological polar surface area (TPSA) is 73.3 Å². The first kappa shape index (κ1) is 16.1. The highest BCUT2D eigenvalue weighted by atomic mass is 16.5.